The number of thioether (sulfide) groups is 1. The van der Waals surface area contributed by atoms with E-state index in [1.807, 2.05) is 0 Å². The number of halogens is 1. The molecule has 2 aromatic heterocycles. The van der Waals surface area contributed by atoms with Crippen molar-refractivity contribution in [2.45, 2.75) is 45.2 Å². The van der Waals surface area contributed by atoms with Gasteiger partial charge in [0.1, 0.15) is 9.98 Å². The number of aromatic nitrogens is 2. The van der Waals surface area contributed by atoms with Crippen LogP contribution in [-0.2, 0) is 0 Å². The molecule has 0 amide bonds. The lowest BCUT2D eigenvalue weighted by atomic mass is 10.2. The van der Waals surface area contributed by atoms with Gasteiger partial charge in [0.15, 0.2) is 5.16 Å². The van der Waals surface area contributed by atoms with Crippen LogP contribution in [0.1, 0.15) is 36.6 Å². The van der Waals surface area contributed by atoms with E-state index < -0.39 is 0 Å². The quantitative estimate of drug-likeness (QED) is 0.327. The van der Waals surface area contributed by atoms with Gasteiger partial charge in [0, 0.05) is 10.6 Å². The third kappa shape index (κ3) is 2.98. The zero-order valence-corrected chi connectivity index (χ0v) is 13.3. The van der Waals surface area contributed by atoms with Crippen LogP contribution in [0.25, 0.3) is 10.2 Å². The first-order chi connectivity index (χ1) is 8.63. The van der Waals surface area contributed by atoms with Crippen LogP contribution in [0.15, 0.2) is 5.16 Å². The summed E-state index contributed by atoms with van der Waals surface area (Å²) in [5.41, 5.74) is 1.21. The molecule has 2 heterocycles. The number of thiophene rings is 1. The van der Waals surface area contributed by atoms with E-state index in [1.54, 1.807) is 23.1 Å². The molecule has 5 heteroatoms. The molecule has 18 heavy (non-hydrogen) atoms. The Morgan fingerprint density at radius 3 is 2.72 bits per heavy atom. The molecular weight excluding hydrogens is 284 g/mol. The van der Waals surface area contributed by atoms with Gasteiger partial charge in [-0.15, -0.1) is 11.3 Å². The fraction of sp³-hybridized carbons (Fsp3) is 0.538. The SMILES string of the molecule is CCCCCSc1nc(Cl)c2c(C)c(C)sc2n1. The maximum absolute atomic E-state index is 6.26. The van der Waals surface area contributed by atoms with E-state index in [0.717, 1.165) is 21.1 Å². The maximum Gasteiger partial charge on any atom is 0.190 e. The molecule has 0 bridgehead atoms. The minimum absolute atomic E-state index is 0.597. The highest BCUT2D eigenvalue weighted by Gasteiger charge is 2.13. The first kappa shape index (κ1) is 14.1. The average Bonchev–Trinajstić information content (AvgIpc) is 2.61. The standard InChI is InChI=1S/C13H17ClN2S2/c1-4-5-6-7-17-13-15-11(14)10-8(2)9(3)18-12(10)16-13/h4-7H2,1-3H3. The summed E-state index contributed by atoms with van der Waals surface area (Å²) in [7, 11) is 0. The minimum Gasteiger partial charge on any atom is -0.211 e. The van der Waals surface area contributed by atoms with Gasteiger partial charge in [-0.1, -0.05) is 43.1 Å². The Labute approximate surface area is 121 Å². The van der Waals surface area contributed by atoms with Crippen LogP contribution in [0.4, 0.5) is 0 Å². The van der Waals surface area contributed by atoms with E-state index >= 15 is 0 Å². The molecule has 0 aliphatic heterocycles. The smallest absolute Gasteiger partial charge is 0.190 e. The number of nitrogens with zero attached hydrogens (tertiary/aromatic N) is 2. The molecule has 0 unspecified atom stereocenters. The van der Waals surface area contributed by atoms with Crippen molar-refractivity contribution in [1.29, 1.82) is 0 Å². The van der Waals surface area contributed by atoms with Gasteiger partial charge >= 0.3 is 0 Å². The Morgan fingerprint density at radius 1 is 1.22 bits per heavy atom. The summed E-state index contributed by atoms with van der Waals surface area (Å²) in [6, 6.07) is 0. The summed E-state index contributed by atoms with van der Waals surface area (Å²) < 4.78 is 0. The van der Waals surface area contributed by atoms with Gasteiger partial charge in [-0.2, -0.15) is 0 Å². The molecule has 2 aromatic rings. The molecule has 0 spiro atoms. The lowest BCUT2D eigenvalue weighted by Gasteiger charge is -2.01. The number of rotatable bonds is 5. The summed E-state index contributed by atoms with van der Waals surface area (Å²) in [6.45, 7) is 6.39. The van der Waals surface area contributed by atoms with Gasteiger partial charge in [-0.25, -0.2) is 9.97 Å². The first-order valence-electron chi connectivity index (χ1n) is 6.19. The molecule has 0 saturated heterocycles. The summed E-state index contributed by atoms with van der Waals surface area (Å²) >= 11 is 9.67. The zero-order valence-electron chi connectivity index (χ0n) is 10.9. The number of unbranched alkanes of at least 4 members (excludes halogenated alkanes) is 2. The number of fused-ring (bicyclic) bond motifs is 1. The monoisotopic (exact) mass is 300 g/mol. The van der Waals surface area contributed by atoms with Gasteiger partial charge in [0.25, 0.3) is 0 Å². The molecule has 0 radical (unpaired) electrons. The number of hydrogen-bond acceptors (Lipinski definition) is 4. The summed E-state index contributed by atoms with van der Waals surface area (Å²) in [4.78, 5) is 11.3. The van der Waals surface area contributed by atoms with Gasteiger partial charge < -0.3 is 0 Å². The van der Waals surface area contributed by atoms with Crippen molar-refractivity contribution in [3.63, 3.8) is 0 Å². The predicted molar refractivity (Wildman–Crippen MR) is 82.1 cm³/mol. The van der Waals surface area contributed by atoms with Crippen molar-refractivity contribution in [1.82, 2.24) is 9.97 Å². The Balaban J connectivity index is 2.21. The van der Waals surface area contributed by atoms with E-state index in [4.69, 9.17) is 11.6 Å². The Morgan fingerprint density at radius 2 is 2.00 bits per heavy atom. The van der Waals surface area contributed by atoms with Crippen LogP contribution in [0.2, 0.25) is 5.15 Å². The zero-order chi connectivity index (χ0) is 13.1. The molecule has 0 atom stereocenters. The highest BCUT2D eigenvalue weighted by molar-refractivity contribution is 7.99. The van der Waals surface area contributed by atoms with Crippen molar-refractivity contribution in [3.8, 4) is 0 Å². The van der Waals surface area contributed by atoms with Crippen LogP contribution in [-0.4, -0.2) is 15.7 Å². The molecule has 0 saturated carbocycles. The van der Waals surface area contributed by atoms with Crippen molar-refractivity contribution >= 4 is 44.9 Å². The summed E-state index contributed by atoms with van der Waals surface area (Å²) in [5.74, 6) is 1.07. The second-order valence-electron chi connectivity index (χ2n) is 4.32. The van der Waals surface area contributed by atoms with Crippen LogP contribution < -0.4 is 0 Å². The molecule has 0 aliphatic carbocycles. The van der Waals surface area contributed by atoms with E-state index in [0.29, 0.717) is 5.15 Å². The van der Waals surface area contributed by atoms with Crippen molar-refractivity contribution < 1.29 is 0 Å². The van der Waals surface area contributed by atoms with Crippen molar-refractivity contribution in [2.24, 2.45) is 0 Å². The Kier molecular flexibility index (Phi) is 4.87. The van der Waals surface area contributed by atoms with Crippen LogP contribution in [0, 0.1) is 13.8 Å². The third-order valence-electron chi connectivity index (χ3n) is 2.94. The van der Waals surface area contributed by atoms with Crippen LogP contribution >= 0.6 is 34.7 Å². The minimum atomic E-state index is 0.597. The molecule has 2 nitrogen and oxygen atoms in total. The fourth-order valence-electron chi connectivity index (χ4n) is 1.76. The van der Waals surface area contributed by atoms with E-state index in [-0.39, 0.29) is 0 Å². The Hall–Kier alpha value is -0.320. The van der Waals surface area contributed by atoms with Crippen molar-refractivity contribution in [3.05, 3.63) is 15.6 Å². The molecule has 0 fully saturated rings. The molecule has 0 N–H and O–H groups in total. The molecule has 0 aromatic carbocycles. The second kappa shape index (κ2) is 6.22. The van der Waals surface area contributed by atoms with Crippen LogP contribution in [0.5, 0.6) is 0 Å². The largest absolute Gasteiger partial charge is 0.211 e. The normalized spacial score (nSPS) is 11.3. The highest BCUT2D eigenvalue weighted by Crippen LogP contribution is 2.34. The molecule has 2 rings (SSSR count). The predicted octanol–water partition coefficient (Wildman–Crippen LogP) is 5.24. The highest BCUT2D eigenvalue weighted by atomic mass is 35.5. The van der Waals surface area contributed by atoms with Gasteiger partial charge in [-0.3, -0.25) is 0 Å². The molecular formula is C13H17ClN2S2. The summed E-state index contributed by atoms with van der Waals surface area (Å²) in [5, 5.41) is 2.43. The maximum atomic E-state index is 6.26. The van der Waals surface area contributed by atoms with E-state index in [2.05, 4.69) is 30.7 Å². The topological polar surface area (TPSA) is 25.8 Å². The lowest BCUT2D eigenvalue weighted by Crippen LogP contribution is -1.90. The number of hydrogen-bond donors (Lipinski definition) is 0. The van der Waals surface area contributed by atoms with Gasteiger partial charge in [0.05, 0.1) is 5.39 Å². The van der Waals surface area contributed by atoms with Gasteiger partial charge in [-0.05, 0) is 25.8 Å². The number of aryl methyl sites for hydroxylation is 2. The van der Waals surface area contributed by atoms with E-state index in [9.17, 15) is 0 Å². The third-order valence-corrected chi connectivity index (χ3v) is 5.25. The first-order valence-corrected chi connectivity index (χ1v) is 8.37. The summed E-state index contributed by atoms with van der Waals surface area (Å²) in [6.07, 6.45) is 3.72. The molecule has 0 aliphatic rings. The second-order valence-corrected chi connectivity index (χ2v) is 6.94. The lowest BCUT2D eigenvalue weighted by molar-refractivity contribution is 0.777. The van der Waals surface area contributed by atoms with Crippen LogP contribution in [0.3, 0.4) is 0 Å². The molecule has 98 valence electrons. The fourth-order valence-corrected chi connectivity index (χ4v) is 4.11. The van der Waals surface area contributed by atoms with Crippen molar-refractivity contribution in [2.75, 3.05) is 5.75 Å². The Bertz CT molecular complexity index is 551. The average molecular weight is 301 g/mol. The van der Waals surface area contributed by atoms with E-state index in [1.165, 1.54) is 29.7 Å². The van der Waals surface area contributed by atoms with Gasteiger partial charge in [0.2, 0.25) is 0 Å².